The van der Waals surface area contributed by atoms with E-state index < -0.39 is 8.07 Å². The number of rotatable bonds is 3. The van der Waals surface area contributed by atoms with Gasteiger partial charge in [0.05, 0.1) is 8.07 Å². The van der Waals surface area contributed by atoms with E-state index in [0.29, 0.717) is 0 Å². The molecular formula is C27H42Si. The maximum atomic E-state index is 2.85. The zero-order chi connectivity index (χ0) is 19.3. The summed E-state index contributed by atoms with van der Waals surface area (Å²) in [5.41, 5.74) is 3.88. The fraction of sp³-hybridized carbons (Fsp3) is 0.778. The molecule has 0 aliphatic heterocycles. The highest BCUT2D eigenvalue weighted by Crippen LogP contribution is 2.64. The highest BCUT2D eigenvalue weighted by Gasteiger charge is 2.56. The van der Waals surface area contributed by atoms with E-state index in [2.05, 4.69) is 50.3 Å². The van der Waals surface area contributed by atoms with Crippen molar-refractivity contribution < 1.29 is 0 Å². The average Bonchev–Trinajstić information content (AvgIpc) is 3.29. The first-order chi connectivity index (χ1) is 13.6. The van der Waals surface area contributed by atoms with Crippen molar-refractivity contribution >= 4 is 8.07 Å². The lowest BCUT2D eigenvalue weighted by Crippen LogP contribution is -2.45. The predicted octanol–water partition coefficient (Wildman–Crippen LogP) is 8.28. The minimum absolute atomic E-state index is 0.840. The number of fused-ring (bicyclic) bond motifs is 2. The Kier molecular flexibility index (Phi) is 5.27. The first-order valence-electron chi connectivity index (χ1n) is 12.6. The predicted molar refractivity (Wildman–Crippen MR) is 123 cm³/mol. The zero-order valence-electron chi connectivity index (χ0n) is 18.6. The molecule has 1 heteroatoms. The highest BCUT2D eigenvalue weighted by molar-refractivity contribution is 6.80. The second kappa shape index (κ2) is 7.60. The van der Waals surface area contributed by atoms with Gasteiger partial charge in [-0.15, -0.1) is 0 Å². The third-order valence-electron chi connectivity index (χ3n) is 10.2. The Morgan fingerprint density at radius 3 is 2.36 bits per heavy atom. The van der Waals surface area contributed by atoms with Crippen LogP contribution in [0.1, 0.15) is 82.6 Å². The van der Waals surface area contributed by atoms with Gasteiger partial charge in [-0.2, -0.15) is 0 Å². The Bertz CT molecular complexity index is 664. The summed E-state index contributed by atoms with van der Waals surface area (Å²) < 4.78 is 0. The topological polar surface area (TPSA) is 0 Å². The highest BCUT2D eigenvalue weighted by atomic mass is 28.3. The molecule has 1 aromatic rings. The molecule has 0 N–H and O–H groups in total. The summed E-state index contributed by atoms with van der Waals surface area (Å²) in [6.07, 6.45) is 15.4. The summed E-state index contributed by atoms with van der Waals surface area (Å²) in [5, 5.41) is 0. The van der Waals surface area contributed by atoms with E-state index >= 15 is 0 Å². The molecule has 0 spiro atoms. The molecule has 154 valence electrons. The SMILES string of the molecule is CC1CC2CC(c3ccccc3)CCC2C1[Si](C)(C)C1CCC2CCCCC21. The van der Waals surface area contributed by atoms with E-state index in [-0.39, 0.29) is 0 Å². The molecule has 8 unspecified atom stereocenters. The average molecular weight is 395 g/mol. The fourth-order valence-corrected chi connectivity index (χ4v) is 15.4. The van der Waals surface area contributed by atoms with Crippen LogP contribution >= 0.6 is 0 Å². The molecule has 1 aromatic carbocycles. The van der Waals surface area contributed by atoms with Gasteiger partial charge in [-0.3, -0.25) is 0 Å². The Balaban J connectivity index is 1.33. The molecule has 28 heavy (non-hydrogen) atoms. The van der Waals surface area contributed by atoms with E-state index in [1.165, 1.54) is 38.5 Å². The molecule has 0 nitrogen and oxygen atoms in total. The van der Waals surface area contributed by atoms with Crippen molar-refractivity contribution in [3.05, 3.63) is 35.9 Å². The monoisotopic (exact) mass is 394 g/mol. The van der Waals surface area contributed by atoms with Crippen LogP contribution < -0.4 is 0 Å². The minimum Gasteiger partial charge on any atom is -0.0689 e. The molecule has 8 atom stereocenters. The summed E-state index contributed by atoms with van der Waals surface area (Å²) in [6.45, 7) is 8.35. The third-order valence-corrected chi connectivity index (χ3v) is 15.6. The van der Waals surface area contributed by atoms with E-state index in [4.69, 9.17) is 0 Å². The van der Waals surface area contributed by atoms with Crippen LogP contribution in [-0.2, 0) is 0 Å². The van der Waals surface area contributed by atoms with E-state index in [1.807, 2.05) is 0 Å². The summed E-state index contributed by atoms with van der Waals surface area (Å²) >= 11 is 0. The summed E-state index contributed by atoms with van der Waals surface area (Å²) in [5.74, 6) is 6.17. The zero-order valence-corrected chi connectivity index (χ0v) is 19.6. The Morgan fingerprint density at radius 1 is 0.750 bits per heavy atom. The van der Waals surface area contributed by atoms with E-state index in [9.17, 15) is 0 Å². The van der Waals surface area contributed by atoms with Gasteiger partial charge >= 0.3 is 0 Å². The van der Waals surface area contributed by atoms with Crippen LogP contribution in [0, 0.1) is 29.6 Å². The normalized spacial score (nSPS) is 43.5. The Hall–Kier alpha value is -0.563. The van der Waals surface area contributed by atoms with Crippen LogP contribution in [0.15, 0.2) is 30.3 Å². The van der Waals surface area contributed by atoms with E-state index in [1.54, 1.807) is 31.2 Å². The van der Waals surface area contributed by atoms with Gasteiger partial charge in [-0.25, -0.2) is 0 Å². The van der Waals surface area contributed by atoms with Crippen molar-refractivity contribution in [2.45, 2.75) is 101 Å². The van der Waals surface area contributed by atoms with Crippen molar-refractivity contribution in [2.75, 3.05) is 0 Å². The van der Waals surface area contributed by atoms with Gasteiger partial charge in [0.2, 0.25) is 0 Å². The van der Waals surface area contributed by atoms with Gasteiger partial charge in [0.15, 0.2) is 0 Å². The van der Waals surface area contributed by atoms with Crippen molar-refractivity contribution in [3.63, 3.8) is 0 Å². The maximum Gasteiger partial charge on any atom is 0.0544 e. The molecule has 0 heterocycles. The van der Waals surface area contributed by atoms with Crippen LogP contribution in [0.4, 0.5) is 0 Å². The van der Waals surface area contributed by atoms with Crippen molar-refractivity contribution in [1.29, 1.82) is 0 Å². The standard InChI is InChI=1S/C27H42Si/c1-19-17-23-18-22(20-9-5-4-6-10-20)13-15-25(23)27(19)28(2,3)26-16-14-21-11-7-8-12-24(21)26/h4-6,9-10,19,21-27H,7-8,11-18H2,1-3H3. The molecule has 0 saturated heterocycles. The minimum atomic E-state index is -1.22. The third kappa shape index (κ3) is 3.24. The lowest BCUT2D eigenvalue weighted by atomic mass is 9.73. The number of hydrogen-bond donors (Lipinski definition) is 0. The van der Waals surface area contributed by atoms with Crippen molar-refractivity contribution in [2.24, 2.45) is 29.6 Å². The first-order valence-corrected chi connectivity index (χ1v) is 15.8. The molecule has 0 radical (unpaired) electrons. The second-order valence-corrected chi connectivity index (χ2v) is 16.8. The van der Waals surface area contributed by atoms with Crippen molar-refractivity contribution in [3.8, 4) is 0 Å². The molecular weight excluding hydrogens is 352 g/mol. The number of hydrogen-bond acceptors (Lipinski definition) is 0. The van der Waals surface area contributed by atoms with Gasteiger partial charge in [-0.05, 0) is 77.8 Å². The molecule has 0 amide bonds. The summed E-state index contributed by atoms with van der Waals surface area (Å²) in [6, 6.07) is 11.5. The molecule has 0 aromatic heterocycles. The number of benzene rings is 1. The quantitative estimate of drug-likeness (QED) is 0.452. The van der Waals surface area contributed by atoms with Crippen LogP contribution in [0.25, 0.3) is 0 Å². The Morgan fingerprint density at radius 2 is 1.54 bits per heavy atom. The van der Waals surface area contributed by atoms with Crippen LogP contribution in [0.5, 0.6) is 0 Å². The molecule has 4 fully saturated rings. The molecule has 4 aliphatic carbocycles. The van der Waals surface area contributed by atoms with Crippen LogP contribution in [0.2, 0.25) is 24.2 Å². The second-order valence-electron chi connectivity index (χ2n) is 11.8. The lowest BCUT2D eigenvalue weighted by molar-refractivity contribution is 0.244. The van der Waals surface area contributed by atoms with E-state index in [0.717, 1.165) is 46.6 Å². The molecule has 0 bridgehead atoms. The maximum absolute atomic E-state index is 2.85. The fourth-order valence-electron chi connectivity index (χ4n) is 9.29. The smallest absolute Gasteiger partial charge is 0.0544 e. The Labute approximate surface area is 174 Å². The van der Waals surface area contributed by atoms with Gasteiger partial charge in [0, 0.05) is 0 Å². The molecule has 4 saturated carbocycles. The van der Waals surface area contributed by atoms with Crippen LogP contribution in [-0.4, -0.2) is 8.07 Å². The largest absolute Gasteiger partial charge is 0.0689 e. The summed E-state index contributed by atoms with van der Waals surface area (Å²) in [7, 11) is -1.22. The van der Waals surface area contributed by atoms with Crippen LogP contribution in [0.3, 0.4) is 0 Å². The van der Waals surface area contributed by atoms with Gasteiger partial charge in [-0.1, -0.05) is 88.9 Å². The lowest BCUT2D eigenvalue weighted by Gasteiger charge is -2.47. The van der Waals surface area contributed by atoms with Gasteiger partial charge in [0.25, 0.3) is 0 Å². The molecule has 5 rings (SSSR count). The molecule has 4 aliphatic rings. The van der Waals surface area contributed by atoms with Gasteiger partial charge < -0.3 is 0 Å². The summed E-state index contributed by atoms with van der Waals surface area (Å²) in [4.78, 5) is 0. The van der Waals surface area contributed by atoms with Crippen molar-refractivity contribution in [1.82, 2.24) is 0 Å². The first kappa shape index (κ1) is 19.4. The van der Waals surface area contributed by atoms with Gasteiger partial charge in [0.1, 0.15) is 0 Å².